The maximum Gasteiger partial charge on any atom is 2.00 e. The van der Waals surface area contributed by atoms with Gasteiger partial charge >= 0.3 is 76.2 Å². The standard InChI is InChI=1S/Cu.2Na.H4O7P2/c;;;1-8(2,3)7-9(4,5)6/h;;;(H2,1,2,3)(H2,4,5,6)/q+2;2*+1;/p-4. The molecule has 0 aromatic carbocycles. The Kier molecular flexibility index (Phi) is 18.2. The Morgan fingerprint density at radius 2 is 1.00 bits per heavy atom. The summed E-state index contributed by atoms with van der Waals surface area (Å²) in [5.74, 6) is 0. The van der Waals surface area contributed by atoms with Crippen molar-refractivity contribution in [2.45, 2.75) is 0 Å². The summed E-state index contributed by atoms with van der Waals surface area (Å²) in [6.45, 7) is 0. The molecule has 0 aliphatic heterocycles. The third-order valence-corrected chi connectivity index (χ3v) is 1.80. The molecule has 0 rings (SSSR count). The second-order valence-electron chi connectivity index (χ2n) is 0.976. The van der Waals surface area contributed by atoms with Gasteiger partial charge in [0.05, 0.1) is 15.6 Å². The average Bonchev–Trinajstić information content (AvgIpc) is 1.14. The molecule has 0 aliphatic rings. The van der Waals surface area contributed by atoms with E-state index in [0.717, 1.165) is 0 Å². The van der Waals surface area contributed by atoms with Crippen LogP contribution < -0.4 is 78.7 Å². The average molecular weight is 283 g/mol. The first-order valence-electron chi connectivity index (χ1n) is 1.46. The van der Waals surface area contributed by atoms with E-state index in [1.165, 1.54) is 0 Å². The molecule has 0 amide bonds. The summed E-state index contributed by atoms with van der Waals surface area (Å²) in [6, 6.07) is 0. The smallest absolute Gasteiger partial charge is 0.790 e. The van der Waals surface area contributed by atoms with Crippen molar-refractivity contribution in [3.8, 4) is 0 Å². The van der Waals surface area contributed by atoms with Crippen LogP contribution in [0.2, 0.25) is 0 Å². The van der Waals surface area contributed by atoms with Gasteiger partial charge in [-0.3, -0.25) is 0 Å². The Morgan fingerprint density at radius 3 is 1.00 bits per heavy atom. The van der Waals surface area contributed by atoms with Gasteiger partial charge in [-0.2, -0.15) is 0 Å². The molecule has 0 heterocycles. The SMILES string of the molecule is O=P([O-])([O-])OP(=O)([O-])[O-].[Cu+2].[Na+].[Na+]. The molecule has 0 spiro atoms. The summed E-state index contributed by atoms with van der Waals surface area (Å²) in [5.41, 5.74) is 0. The number of hydrogen-bond acceptors (Lipinski definition) is 7. The number of phosphoric acid groups is 2. The van der Waals surface area contributed by atoms with Crippen LogP contribution in [0.3, 0.4) is 0 Å². The van der Waals surface area contributed by atoms with Crippen molar-refractivity contribution >= 4 is 15.6 Å². The van der Waals surface area contributed by atoms with Gasteiger partial charge in [-0.1, -0.05) is 0 Å². The fraction of sp³-hybridized carbons (Fsp3) is 0. The fourth-order valence-electron chi connectivity index (χ4n) is 0.122. The Hall–Kier alpha value is 2.78. The van der Waals surface area contributed by atoms with Crippen molar-refractivity contribution < 1.29 is 109 Å². The minimum Gasteiger partial charge on any atom is -0.790 e. The van der Waals surface area contributed by atoms with Crippen LogP contribution in [0.25, 0.3) is 0 Å². The molecule has 0 unspecified atom stereocenters. The first kappa shape index (κ1) is 24.2. The van der Waals surface area contributed by atoms with Gasteiger partial charge in [-0.05, 0) is 0 Å². The molecule has 0 aromatic rings. The summed E-state index contributed by atoms with van der Waals surface area (Å²) >= 11 is 0. The molecule has 65 valence electrons. The second-order valence-corrected chi connectivity index (χ2v) is 3.42. The van der Waals surface area contributed by atoms with E-state index < -0.39 is 15.6 Å². The molecule has 0 saturated heterocycles. The third kappa shape index (κ3) is 23.0. The molecule has 0 saturated carbocycles. The maximum atomic E-state index is 9.32. The molecular weight excluding hydrogens is 283 g/mol. The molecule has 1 radical (unpaired) electrons. The molecule has 12 heavy (non-hydrogen) atoms. The van der Waals surface area contributed by atoms with Crippen molar-refractivity contribution in [1.82, 2.24) is 0 Å². The van der Waals surface area contributed by atoms with Crippen LogP contribution in [0, 0.1) is 0 Å². The zero-order valence-electron chi connectivity index (χ0n) is 6.05. The van der Waals surface area contributed by atoms with Crippen LogP contribution in [-0.2, 0) is 30.5 Å². The monoisotopic (exact) mass is 283 g/mol. The van der Waals surface area contributed by atoms with Gasteiger partial charge in [-0.15, -0.1) is 0 Å². The van der Waals surface area contributed by atoms with E-state index in [1.54, 1.807) is 0 Å². The zero-order valence-corrected chi connectivity index (χ0v) is 12.8. The summed E-state index contributed by atoms with van der Waals surface area (Å²) in [6.07, 6.45) is 0. The first-order chi connectivity index (χ1) is 3.71. The van der Waals surface area contributed by atoms with Crippen molar-refractivity contribution in [2.24, 2.45) is 0 Å². The summed E-state index contributed by atoms with van der Waals surface area (Å²) in [7, 11) is -11.4. The molecule has 7 nitrogen and oxygen atoms in total. The molecule has 0 N–H and O–H groups in total. The van der Waals surface area contributed by atoms with Crippen LogP contribution in [0.1, 0.15) is 0 Å². The van der Waals surface area contributed by atoms with Crippen molar-refractivity contribution in [2.75, 3.05) is 0 Å². The molecule has 0 aliphatic carbocycles. The fourth-order valence-corrected chi connectivity index (χ4v) is 1.10. The Morgan fingerprint density at radius 1 is 0.833 bits per heavy atom. The van der Waals surface area contributed by atoms with Gasteiger partial charge in [0.2, 0.25) is 0 Å². The van der Waals surface area contributed by atoms with Gasteiger partial charge in [0.1, 0.15) is 0 Å². The van der Waals surface area contributed by atoms with Crippen LogP contribution in [0.5, 0.6) is 0 Å². The quantitative estimate of drug-likeness (QED) is 0.362. The van der Waals surface area contributed by atoms with Gasteiger partial charge in [0.25, 0.3) is 0 Å². The van der Waals surface area contributed by atoms with Gasteiger partial charge in [-0.25, -0.2) is 0 Å². The summed E-state index contributed by atoms with van der Waals surface area (Å²) in [5, 5.41) is 0. The van der Waals surface area contributed by atoms with Gasteiger partial charge in [0.15, 0.2) is 0 Å². The van der Waals surface area contributed by atoms with Gasteiger partial charge in [0, 0.05) is 0 Å². The number of rotatable bonds is 2. The largest absolute Gasteiger partial charge is 2.00 e. The normalized spacial score (nSPS) is 10.3. The van der Waals surface area contributed by atoms with Crippen molar-refractivity contribution in [1.29, 1.82) is 0 Å². The maximum absolute atomic E-state index is 9.32. The van der Waals surface area contributed by atoms with Crippen LogP contribution in [0.4, 0.5) is 0 Å². The molecule has 0 aromatic heterocycles. The van der Waals surface area contributed by atoms with E-state index in [2.05, 4.69) is 4.31 Å². The minimum atomic E-state index is -5.68. The Balaban J connectivity index is -0.000000107. The van der Waals surface area contributed by atoms with Crippen molar-refractivity contribution in [3.05, 3.63) is 0 Å². The summed E-state index contributed by atoms with van der Waals surface area (Å²) in [4.78, 5) is 37.3. The predicted octanol–water partition coefficient (Wildman–Crippen LogP) is -9.33. The zero-order chi connectivity index (χ0) is 7.71. The molecular formula is CuNa2O7P2. The van der Waals surface area contributed by atoms with Gasteiger partial charge < -0.3 is 33.0 Å². The van der Waals surface area contributed by atoms with E-state index in [9.17, 15) is 28.7 Å². The Labute approximate surface area is 123 Å². The molecule has 0 fully saturated rings. The topological polar surface area (TPSA) is 136 Å². The second kappa shape index (κ2) is 9.04. The van der Waals surface area contributed by atoms with E-state index in [-0.39, 0.29) is 76.2 Å². The minimum absolute atomic E-state index is 0. The molecule has 0 bridgehead atoms. The van der Waals surface area contributed by atoms with Crippen LogP contribution in [-0.4, -0.2) is 0 Å². The van der Waals surface area contributed by atoms with E-state index in [0.29, 0.717) is 0 Å². The Bertz CT molecular complexity index is 160. The molecule has 12 heteroatoms. The van der Waals surface area contributed by atoms with Crippen LogP contribution >= 0.6 is 15.6 Å². The third-order valence-electron chi connectivity index (χ3n) is 0.200. The van der Waals surface area contributed by atoms with E-state index in [1.807, 2.05) is 0 Å². The van der Waals surface area contributed by atoms with Crippen molar-refractivity contribution in [3.63, 3.8) is 0 Å². The first-order valence-corrected chi connectivity index (χ1v) is 4.38. The number of hydrogen-bond donors (Lipinski definition) is 0. The summed E-state index contributed by atoms with van der Waals surface area (Å²) < 4.78 is 21.2. The van der Waals surface area contributed by atoms with Crippen LogP contribution in [0.15, 0.2) is 0 Å². The molecule has 0 atom stereocenters. The predicted molar refractivity (Wildman–Crippen MR) is 16.3 cm³/mol. The van der Waals surface area contributed by atoms with E-state index >= 15 is 0 Å². The van der Waals surface area contributed by atoms with E-state index in [4.69, 9.17) is 0 Å².